The van der Waals surface area contributed by atoms with Crippen LogP contribution in [0.4, 0.5) is 0 Å². The van der Waals surface area contributed by atoms with E-state index < -0.39 is 0 Å². The standard InChI is InChI=1S/C24H17ClN6OS3/c25-17-9-6-10-18(13-17)31-20(16-7-2-1-3-8-16)14-33-23(31)29-27-21(32)15-34-24-30-28-22(35-24)19-11-4-5-12-26-19/h1-14H,15H2,(H,27,32)/b29-23+. The van der Waals surface area contributed by atoms with Crippen LogP contribution in [-0.2, 0) is 4.79 Å². The zero-order chi connectivity index (χ0) is 24.0. The Morgan fingerprint density at radius 2 is 1.91 bits per heavy atom. The first-order chi connectivity index (χ1) is 17.2. The Hall–Kier alpha value is -3.31. The van der Waals surface area contributed by atoms with Gasteiger partial charge in [-0.1, -0.05) is 77.2 Å². The molecule has 5 rings (SSSR count). The van der Waals surface area contributed by atoms with Gasteiger partial charge in [0.05, 0.1) is 11.4 Å². The Bertz CT molecular complexity index is 1520. The van der Waals surface area contributed by atoms with Crippen molar-refractivity contribution in [3.8, 4) is 27.6 Å². The lowest BCUT2D eigenvalue weighted by atomic mass is 10.1. The number of pyridine rings is 1. The number of thioether (sulfide) groups is 1. The highest BCUT2D eigenvalue weighted by Crippen LogP contribution is 2.28. The molecule has 2 aromatic carbocycles. The molecule has 0 aliphatic rings. The van der Waals surface area contributed by atoms with Gasteiger partial charge in [-0.3, -0.25) is 14.3 Å². The third-order valence-corrected chi connectivity index (χ3v) is 7.88. The molecule has 3 heterocycles. The van der Waals surface area contributed by atoms with Gasteiger partial charge in [0, 0.05) is 22.3 Å². The smallest absolute Gasteiger partial charge is 0.250 e. The number of carbonyl (C=O) groups is 1. The molecular formula is C24H17ClN6OS3. The summed E-state index contributed by atoms with van der Waals surface area (Å²) in [6.45, 7) is 0. The summed E-state index contributed by atoms with van der Waals surface area (Å²) >= 11 is 10.4. The van der Waals surface area contributed by atoms with Crippen molar-refractivity contribution >= 4 is 51.9 Å². The maximum absolute atomic E-state index is 12.5. The molecule has 174 valence electrons. The molecule has 0 aliphatic heterocycles. The molecule has 0 unspecified atom stereocenters. The van der Waals surface area contributed by atoms with Crippen molar-refractivity contribution in [2.75, 3.05) is 5.75 Å². The average molecular weight is 537 g/mol. The van der Waals surface area contributed by atoms with Crippen molar-refractivity contribution in [2.24, 2.45) is 5.10 Å². The van der Waals surface area contributed by atoms with Crippen LogP contribution in [0.5, 0.6) is 0 Å². The fourth-order valence-corrected chi connectivity index (χ4v) is 5.87. The summed E-state index contributed by atoms with van der Waals surface area (Å²) in [6.07, 6.45) is 1.71. The minimum Gasteiger partial charge on any atom is -0.284 e. The van der Waals surface area contributed by atoms with E-state index in [-0.39, 0.29) is 11.7 Å². The number of halogens is 1. The molecule has 5 aromatic rings. The molecule has 0 aliphatic carbocycles. The molecule has 1 N–H and O–H groups in total. The number of hydrogen-bond donors (Lipinski definition) is 1. The Morgan fingerprint density at radius 1 is 1.06 bits per heavy atom. The fraction of sp³-hybridized carbons (Fsp3) is 0.0417. The third-order valence-electron chi connectivity index (χ3n) is 4.74. The van der Waals surface area contributed by atoms with E-state index in [1.807, 2.05) is 82.7 Å². The van der Waals surface area contributed by atoms with Crippen LogP contribution >= 0.6 is 46.0 Å². The van der Waals surface area contributed by atoms with Gasteiger partial charge in [-0.25, -0.2) is 5.43 Å². The van der Waals surface area contributed by atoms with E-state index in [4.69, 9.17) is 11.6 Å². The van der Waals surface area contributed by atoms with Crippen LogP contribution in [0, 0.1) is 0 Å². The Kier molecular flexibility index (Phi) is 7.34. The Labute approximate surface area is 218 Å². The number of benzene rings is 2. The largest absolute Gasteiger partial charge is 0.284 e. The van der Waals surface area contributed by atoms with Crippen LogP contribution in [0.3, 0.4) is 0 Å². The van der Waals surface area contributed by atoms with Crippen LogP contribution in [0.15, 0.2) is 93.8 Å². The predicted octanol–water partition coefficient (Wildman–Crippen LogP) is 5.50. The van der Waals surface area contributed by atoms with E-state index in [1.165, 1.54) is 34.4 Å². The minimum atomic E-state index is -0.239. The molecule has 11 heteroatoms. The molecule has 0 saturated heterocycles. The maximum atomic E-state index is 12.5. The van der Waals surface area contributed by atoms with Gasteiger partial charge in [0.1, 0.15) is 5.69 Å². The van der Waals surface area contributed by atoms with E-state index in [9.17, 15) is 4.79 Å². The molecule has 0 fully saturated rings. The van der Waals surface area contributed by atoms with Crippen molar-refractivity contribution in [1.82, 2.24) is 25.2 Å². The first kappa shape index (κ1) is 23.4. The van der Waals surface area contributed by atoms with Gasteiger partial charge in [-0.15, -0.1) is 26.6 Å². The van der Waals surface area contributed by atoms with Crippen molar-refractivity contribution in [3.63, 3.8) is 0 Å². The zero-order valence-electron chi connectivity index (χ0n) is 18.0. The lowest BCUT2D eigenvalue weighted by Crippen LogP contribution is -2.25. The van der Waals surface area contributed by atoms with Gasteiger partial charge in [0.25, 0.3) is 5.91 Å². The van der Waals surface area contributed by atoms with E-state index in [0.717, 1.165) is 22.6 Å². The molecule has 0 saturated carbocycles. The second kappa shape index (κ2) is 11.0. The topological polar surface area (TPSA) is 85.1 Å². The molecule has 1 amide bonds. The molecule has 0 atom stereocenters. The summed E-state index contributed by atoms with van der Waals surface area (Å²) in [5.41, 5.74) is 6.27. The van der Waals surface area contributed by atoms with E-state index in [2.05, 4.69) is 25.7 Å². The van der Waals surface area contributed by atoms with Crippen molar-refractivity contribution in [2.45, 2.75) is 4.34 Å². The number of thiazole rings is 1. The van der Waals surface area contributed by atoms with E-state index in [1.54, 1.807) is 6.20 Å². The lowest BCUT2D eigenvalue weighted by Gasteiger charge is -2.09. The van der Waals surface area contributed by atoms with Crippen LogP contribution in [0.2, 0.25) is 5.02 Å². The molecule has 0 bridgehead atoms. The van der Waals surface area contributed by atoms with Crippen LogP contribution < -0.4 is 10.2 Å². The predicted molar refractivity (Wildman–Crippen MR) is 142 cm³/mol. The maximum Gasteiger partial charge on any atom is 0.250 e. The van der Waals surface area contributed by atoms with Gasteiger partial charge in [-0.2, -0.15) is 0 Å². The number of aromatic nitrogens is 4. The summed E-state index contributed by atoms with van der Waals surface area (Å²) in [4.78, 5) is 17.4. The van der Waals surface area contributed by atoms with Crippen molar-refractivity contribution < 1.29 is 4.79 Å². The Morgan fingerprint density at radius 3 is 2.71 bits per heavy atom. The summed E-state index contributed by atoms with van der Waals surface area (Å²) in [6, 6.07) is 23.2. The summed E-state index contributed by atoms with van der Waals surface area (Å²) in [7, 11) is 0. The highest BCUT2D eigenvalue weighted by molar-refractivity contribution is 8.01. The first-order valence-electron chi connectivity index (χ1n) is 10.4. The lowest BCUT2D eigenvalue weighted by molar-refractivity contribution is -0.118. The third kappa shape index (κ3) is 5.68. The van der Waals surface area contributed by atoms with Gasteiger partial charge in [0.2, 0.25) is 4.80 Å². The van der Waals surface area contributed by atoms with Crippen molar-refractivity contribution in [3.05, 3.63) is 94.2 Å². The molecule has 0 radical (unpaired) electrons. The zero-order valence-corrected chi connectivity index (χ0v) is 21.2. The molecule has 3 aromatic heterocycles. The number of amides is 1. The van der Waals surface area contributed by atoms with E-state index in [0.29, 0.717) is 19.2 Å². The Balaban J connectivity index is 1.34. The van der Waals surface area contributed by atoms with Gasteiger partial charge in [-0.05, 0) is 35.9 Å². The summed E-state index contributed by atoms with van der Waals surface area (Å²) in [5, 5.41) is 16.1. The molecule has 0 spiro atoms. The molecular weight excluding hydrogens is 520 g/mol. The first-order valence-corrected chi connectivity index (χ1v) is 13.5. The number of carbonyl (C=O) groups excluding carboxylic acids is 1. The quantitative estimate of drug-likeness (QED) is 0.219. The molecule has 35 heavy (non-hydrogen) atoms. The van der Waals surface area contributed by atoms with Gasteiger partial charge in [0.15, 0.2) is 9.35 Å². The minimum absolute atomic E-state index is 0.161. The normalized spacial score (nSPS) is 11.5. The second-order valence-corrected chi connectivity index (χ2v) is 10.6. The highest BCUT2D eigenvalue weighted by atomic mass is 35.5. The van der Waals surface area contributed by atoms with Gasteiger partial charge >= 0.3 is 0 Å². The second-order valence-electron chi connectivity index (χ2n) is 7.11. The van der Waals surface area contributed by atoms with Crippen LogP contribution in [0.25, 0.3) is 27.6 Å². The van der Waals surface area contributed by atoms with E-state index >= 15 is 0 Å². The number of hydrogen-bond acceptors (Lipinski definition) is 8. The summed E-state index contributed by atoms with van der Waals surface area (Å²) in [5.74, 6) is -0.0778. The number of nitrogens with one attached hydrogen (secondary N) is 1. The number of rotatable bonds is 7. The highest BCUT2D eigenvalue weighted by Gasteiger charge is 2.12. The van der Waals surface area contributed by atoms with Crippen LogP contribution in [0.1, 0.15) is 0 Å². The molecule has 7 nitrogen and oxygen atoms in total. The fourth-order valence-electron chi connectivity index (χ4n) is 3.19. The SMILES string of the molecule is O=C(CSc1nnc(-c2ccccn2)s1)N/N=c1/scc(-c2ccccc2)n1-c1cccc(Cl)c1. The average Bonchev–Trinajstić information content (AvgIpc) is 3.55. The monoisotopic (exact) mass is 536 g/mol. The summed E-state index contributed by atoms with van der Waals surface area (Å²) < 4.78 is 2.67. The van der Waals surface area contributed by atoms with Crippen molar-refractivity contribution in [1.29, 1.82) is 0 Å². The number of nitrogens with zero attached hydrogens (tertiary/aromatic N) is 5. The van der Waals surface area contributed by atoms with Crippen LogP contribution in [-0.4, -0.2) is 31.4 Å². The van der Waals surface area contributed by atoms with Gasteiger partial charge < -0.3 is 0 Å².